The van der Waals surface area contributed by atoms with Crippen LogP contribution in [0.15, 0.2) is 0 Å². The molecule has 0 atom stereocenters. The van der Waals surface area contributed by atoms with Crippen molar-refractivity contribution in [1.82, 2.24) is 0 Å². The zero-order valence-corrected chi connectivity index (χ0v) is 20.1. The van der Waals surface area contributed by atoms with E-state index in [1.807, 2.05) is 0 Å². The average molecular weight is 371 g/mol. The van der Waals surface area contributed by atoms with Crippen LogP contribution in [0.2, 0.25) is 13.3 Å². The topological polar surface area (TPSA) is 0 Å². The number of hydrogen-bond acceptors (Lipinski definition) is 0. The van der Waals surface area contributed by atoms with Gasteiger partial charge in [-0.15, -0.1) is 0 Å². The van der Waals surface area contributed by atoms with Crippen LogP contribution in [-0.4, -0.2) is 71.1 Å². The Hall–Kier alpha value is 2.44. The molecular formula is C15H33KSn. The van der Waals surface area contributed by atoms with Crippen LogP contribution in [0.5, 0.6) is 0 Å². The Morgan fingerprint density at radius 2 is 0.706 bits per heavy atom. The SMILES string of the molecule is CC(C)(C)[CH2][Sn]([CH2]C(C)(C)C)[CH2]C(C)(C)C.[K]. The van der Waals surface area contributed by atoms with Crippen LogP contribution in [0, 0.1) is 16.2 Å². The minimum absolute atomic E-state index is 0. The van der Waals surface area contributed by atoms with Gasteiger partial charge in [0, 0.05) is 51.4 Å². The Morgan fingerprint density at radius 3 is 0.824 bits per heavy atom. The molecule has 0 nitrogen and oxygen atoms in total. The van der Waals surface area contributed by atoms with E-state index < -0.39 is 19.8 Å². The van der Waals surface area contributed by atoms with E-state index >= 15 is 0 Å². The maximum absolute atomic E-state index is 2.42. The van der Waals surface area contributed by atoms with Crippen molar-refractivity contribution in [1.29, 1.82) is 0 Å². The molecule has 0 unspecified atom stereocenters. The first-order chi connectivity index (χ1) is 6.79. The Balaban J connectivity index is 0. The molecule has 0 saturated heterocycles. The van der Waals surface area contributed by atoms with Gasteiger partial charge in [-0.3, -0.25) is 0 Å². The predicted octanol–water partition coefficient (Wildman–Crippen LogP) is 5.24. The van der Waals surface area contributed by atoms with Crippen molar-refractivity contribution in [2.75, 3.05) is 0 Å². The fourth-order valence-corrected chi connectivity index (χ4v) is 16.4. The van der Waals surface area contributed by atoms with Gasteiger partial charge in [-0.25, -0.2) is 0 Å². The summed E-state index contributed by atoms with van der Waals surface area (Å²) in [5.41, 5.74) is 1.64. The quantitative estimate of drug-likeness (QED) is 0.596. The standard InChI is InChI=1S/3C5H11.K.Sn/c3*1-5(2,3)4;;/h3*1H2,2-4H3;;. The van der Waals surface area contributed by atoms with Crippen molar-refractivity contribution < 1.29 is 0 Å². The van der Waals surface area contributed by atoms with Gasteiger partial charge >= 0.3 is 112 Å². The Kier molecular flexibility index (Phi) is 10.2. The molecule has 17 heavy (non-hydrogen) atoms. The van der Waals surface area contributed by atoms with Gasteiger partial charge in [-0.05, 0) is 0 Å². The number of hydrogen-bond donors (Lipinski definition) is 0. The third-order valence-corrected chi connectivity index (χ3v) is 15.7. The molecule has 0 aliphatic heterocycles. The van der Waals surface area contributed by atoms with Gasteiger partial charge in [0.15, 0.2) is 0 Å². The first kappa shape index (κ1) is 21.7. The molecule has 0 rings (SSSR count). The molecule has 0 aliphatic rings. The molecular weight excluding hydrogens is 338 g/mol. The van der Waals surface area contributed by atoms with Crippen molar-refractivity contribution in [3.05, 3.63) is 0 Å². The van der Waals surface area contributed by atoms with E-state index in [9.17, 15) is 0 Å². The van der Waals surface area contributed by atoms with E-state index in [2.05, 4.69) is 62.3 Å². The molecule has 98 valence electrons. The summed E-state index contributed by atoms with van der Waals surface area (Å²) in [7, 11) is 0. The summed E-state index contributed by atoms with van der Waals surface area (Å²) in [5, 5.41) is 0. The zero-order valence-electron chi connectivity index (χ0n) is 14.1. The minimum Gasteiger partial charge on any atom is 0 e. The Labute approximate surface area is 160 Å². The largest absolute Gasteiger partial charge is 0 e. The fourth-order valence-electron chi connectivity index (χ4n) is 2.44. The smallest absolute Gasteiger partial charge is 0 e. The van der Waals surface area contributed by atoms with Crippen LogP contribution < -0.4 is 0 Å². The van der Waals surface area contributed by atoms with Gasteiger partial charge in [0.25, 0.3) is 0 Å². The fraction of sp³-hybridized carbons (Fsp3) is 1.00. The molecule has 0 aromatic carbocycles. The molecule has 0 spiro atoms. The van der Waals surface area contributed by atoms with Crippen molar-refractivity contribution in [3.63, 3.8) is 0 Å². The summed E-state index contributed by atoms with van der Waals surface area (Å²) in [6.45, 7) is 21.7. The van der Waals surface area contributed by atoms with Gasteiger partial charge in [-0.1, -0.05) is 0 Å². The summed E-state index contributed by atoms with van der Waals surface area (Å²) in [6, 6.07) is 0. The molecule has 0 aromatic rings. The van der Waals surface area contributed by atoms with Crippen LogP contribution in [0.25, 0.3) is 0 Å². The average Bonchev–Trinajstić information content (AvgIpc) is 1.70. The second-order valence-corrected chi connectivity index (χ2v) is 16.3. The molecule has 0 N–H and O–H groups in total. The normalized spacial score (nSPS) is 13.8. The molecule has 2 radical (unpaired) electrons. The molecule has 0 amide bonds. The maximum Gasteiger partial charge on any atom is 0 e. The van der Waals surface area contributed by atoms with Crippen molar-refractivity contribution in [3.8, 4) is 0 Å². The van der Waals surface area contributed by atoms with Gasteiger partial charge in [0.2, 0.25) is 0 Å². The van der Waals surface area contributed by atoms with Crippen LogP contribution >= 0.6 is 0 Å². The minimum atomic E-state index is -1.22. The summed E-state index contributed by atoms with van der Waals surface area (Å²) in [5.74, 6) is 0. The van der Waals surface area contributed by atoms with Crippen molar-refractivity contribution in [2.45, 2.75) is 75.6 Å². The van der Waals surface area contributed by atoms with Gasteiger partial charge < -0.3 is 0 Å². The third kappa shape index (κ3) is 16.4. The van der Waals surface area contributed by atoms with E-state index in [-0.39, 0.29) is 51.4 Å². The Morgan fingerprint density at radius 1 is 0.529 bits per heavy atom. The molecule has 0 aliphatic carbocycles. The predicted molar refractivity (Wildman–Crippen MR) is 84.3 cm³/mol. The van der Waals surface area contributed by atoms with Crippen molar-refractivity contribution in [2.24, 2.45) is 16.2 Å². The summed E-state index contributed by atoms with van der Waals surface area (Å²) >= 11 is -1.22. The Bertz CT molecular complexity index is 164. The van der Waals surface area contributed by atoms with E-state index in [4.69, 9.17) is 0 Å². The molecule has 0 aromatic heterocycles. The van der Waals surface area contributed by atoms with E-state index in [0.717, 1.165) is 0 Å². The van der Waals surface area contributed by atoms with Crippen molar-refractivity contribution >= 4 is 71.1 Å². The zero-order chi connectivity index (χ0) is 13.2. The summed E-state index contributed by atoms with van der Waals surface area (Å²) in [4.78, 5) is 0. The second kappa shape index (κ2) is 8.02. The van der Waals surface area contributed by atoms with E-state index in [1.54, 1.807) is 13.3 Å². The van der Waals surface area contributed by atoms with Gasteiger partial charge in [0.05, 0.1) is 0 Å². The van der Waals surface area contributed by atoms with Crippen LogP contribution in [-0.2, 0) is 0 Å². The third-order valence-electron chi connectivity index (χ3n) is 2.34. The van der Waals surface area contributed by atoms with E-state index in [0.29, 0.717) is 16.2 Å². The molecule has 0 bridgehead atoms. The molecule has 2 heteroatoms. The second-order valence-electron chi connectivity index (χ2n) is 8.96. The molecule has 0 heterocycles. The molecule has 0 saturated carbocycles. The maximum atomic E-state index is 2.42. The van der Waals surface area contributed by atoms with Crippen LogP contribution in [0.4, 0.5) is 0 Å². The number of rotatable bonds is 3. The van der Waals surface area contributed by atoms with E-state index in [1.165, 1.54) is 0 Å². The summed E-state index contributed by atoms with van der Waals surface area (Å²) < 4.78 is 4.64. The van der Waals surface area contributed by atoms with Gasteiger partial charge in [0.1, 0.15) is 0 Å². The first-order valence-corrected chi connectivity index (χ1v) is 12.7. The first-order valence-electron chi connectivity index (χ1n) is 6.62. The van der Waals surface area contributed by atoms with Crippen LogP contribution in [0.1, 0.15) is 62.3 Å². The molecule has 0 fully saturated rings. The van der Waals surface area contributed by atoms with Crippen LogP contribution in [0.3, 0.4) is 0 Å². The monoisotopic (exact) mass is 372 g/mol. The summed E-state index contributed by atoms with van der Waals surface area (Å²) in [6.07, 6.45) is 0. The van der Waals surface area contributed by atoms with Gasteiger partial charge in [-0.2, -0.15) is 0 Å².